The van der Waals surface area contributed by atoms with Gasteiger partial charge in [0.05, 0.1) is 16.3 Å². The van der Waals surface area contributed by atoms with Crippen molar-refractivity contribution in [2.75, 3.05) is 4.31 Å². The number of nitrogens with zero attached hydrogens (tertiary/aromatic N) is 2. The maximum Gasteiger partial charge on any atom is 0.264 e. The second kappa shape index (κ2) is 6.53. The number of hydrogen-bond donors (Lipinski definition) is 0. The number of fused-ring (bicyclic) bond motifs is 1. The van der Waals surface area contributed by atoms with Gasteiger partial charge in [-0.3, -0.25) is 4.31 Å². The third kappa shape index (κ3) is 2.94. The van der Waals surface area contributed by atoms with E-state index in [-0.39, 0.29) is 6.04 Å². The van der Waals surface area contributed by atoms with E-state index in [9.17, 15) is 8.42 Å². The fourth-order valence-electron chi connectivity index (χ4n) is 3.75. The normalized spacial score (nSPS) is 16.6. The molecule has 2 aromatic carbocycles. The number of hydrogen-bond acceptors (Lipinski definition) is 4. The van der Waals surface area contributed by atoms with Gasteiger partial charge in [0.2, 0.25) is 0 Å². The van der Waals surface area contributed by atoms with Crippen LogP contribution in [0.4, 0.5) is 5.69 Å². The van der Waals surface area contributed by atoms with Crippen LogP contribution in [0.3, 0.4) is 0 Å². The summed E-state index contributed by atoms with van der Waals surface area (Å²) >= 11 is 0. The van der Waals surface area contributed by atoms with Gasteiger partial charge in [0.1, 0.15) is 0 Å². The SMILES string of the molecule is CCc1ccc(-c2cc(C)no2)cc1S(=O)(=O)N1c2ccccc2CC1C. The highest BCUT2D eigenvalue weighted by atomic mass is 32.2. The molecule has 1 aliphatic rings. The zero-order valence-electron chi connectivity index (χ0n) is 15.6. The predicted molar refractivity (Wildman–Crippen MR) is 105 cm³/mol. The number of benzene rings is 2. The summed E-state index contributed by atoms with van der Waals surface area (Å²) in [5.74, 6) is 0.571. The molecule has 1 unspecified atom stereocenters. The molecule has 27 heavy (non-hydrogen) atoms. The van der Waals surface area contributed by atoms with Gasteiger partial charge in [-0.1, -0.05) is 42.4 Å². The number of aryl methyl sites for hydroxylation is 2. The van der Waals surface area contributed by atoms with Crippen LogP contribution >= 0.6 is 0 Å². The molecule has 0 radical (unpaired) electrons. The summed E-state index contributed by atoms with van der Waals surface area (Å²) in [6.45, 7) is 5.76. The van der Waals surface area contributed by atoms with E-state index in [2.05, 4.69) is 5.16 Å². The largest absolute Gasteiger partial charge is 0.356 e. The zero-order valence-corrected chi connectivity index (χ0v) is 16.5. The van der Waals surface area contributed by atoms with Crippen LogP contribution in [-0.4, -0.2) is 19.6 Å². The Morgan fingerprint density at radius 1 is 1.19 bits per heavy atom. The summed E-state index contributed by atoms with van der Waals surface area (Å²) < 4.78 is 34.2. The summed E-state index contributed by atoms with van der Waals surface area (Å²) in [6.07, 6.45) is 1.35. The molecule has 2 heterocycles. The van der Waals surface area contributed by atoms with Gasteiger partial charge in [0.15, 0.2) is 5.76 Å². The van der Waals surface area contributed by atoms with E-state index < -0.39 is 10.0 Å². The van der Waals surface area contributed by atoms with Crippen molar-refractivity contribution in [3.05, 3.63) is 65.4 Å². The first-order valence-electron chi connectivity index (χ1n) is 9.10. The Kier molecular flexibility index (Phi) is 4.30. The van der Waals surface area contributed by atoms with E-state index in [4.69, 9.17) is 4.52 Å². The highest BCUT2D eigenvalue weighted by Gasteiger charge is 2.37. The molecular weight excluding hydrogens is 360 g/mol. The number of sulfonamides is 1. The Labute approximate surface area is 159 Å². The van der Waals surface area contributed by atoms with E-state index >= 15 is 0 Å². The molecule has 4 rings (SSSR count). The Morgan fingerprint density at radius 3 is 2.67 bits per heavy atom. The molecule has 0 fully saturated rings. The molecule has 6 heteroatoms. The third-order valence-electron chi connectivity index (χ3n) is 5.04. The Morgan fingerprint density at radius 2 is 1.96 bits per heavy atom. The topological polar surface area (TPSA) is 63.4 Å². The van der Waals surface area contributed by atoms with Gasteiger partial charge in [-0.05, 0) is 49.9 Å². The van der Waals surface area contributed by atoms with Gasteiger partial charge in [-0.15, -0.1) is 0 Å². The van der Waals surface area contributed by atoms with Crippen molar-refractivity contribution in [3.8, 4) is 11.3 Å². The molecule has 0 saturated heterocycles. The van der Waals surface area contributed by atoms with E-state index in [0.29, 0.717) is 22.6 Å². The number of para-hydroxylation sites is 1. The van der Waals surface area contributed by atoms with Crippen molar-refractivity contribution in [3.63, 3.8) is 0 Å². The lowest BCUT2D eigenvalue weighted by Gasteiger charge is -2.26. The van der Waals surface area contributed by atoms with Crippen LogP contribution in [0.1, 0.15) is 30.7 Å². The first kappa shape index (κ1) is 17.8. The van der Waals surface area contributed by atoms with Crippen molar-refractivity contribution < 1.29 is 12.9 Å². The second-order valence-electron chi connectivity index (χ2n) is 6.99. The molecule has 5 nitrogen and oxygen atoms in total. The molecule has 0 bridgehead atoms. The molecule has 0 aliphatic carbocycles. The van der Waals surface area contributed by atoms with Crippen LogP contribution in [0.2, 0.25) is 0 Å². The average molecular weight is 382 g/mol. The molecule has 3 aromatic rings. The van der Waals surface area contributed by atoms with Gasteiger partial charge in [0.25, 0.3) is 10.0 Å². The molecule has 0 amide bonds. The smallest absolute Gasteiger partial charge is 0.264 e. The van der Waals surface area contributed by atoms with E-state index in [1.54, 1.807) is 10.4 Å². The van der Waals surface area contributed by atoms with Crippen molar-refractivity contribution in [1.82, 2.24) is 5.16 Å². The van der Waals surface area contributed by atoms with Crippen LogP contribution < -0.4 is 4.31 Å². The van der Waals surface area contributed by atoms with Gasteiger partial charge < -0.3 is 4.52 Å². The molecular formula is C21H22N2O3S. The molecule has 1 aliphatic heterocycles. The Balaban J connectivity index is 1.86. The highest BCUT2D eigenvalue weighted by Crippen LogP contribution is 2.38. The van der Waals surface area contributed by atoms with Crippen molar-refractivity contribution in [2.24, 2.45) is 0 Å². The number of anilines is 1. The minimum Gasteiger partial charge on any atom is -0.356 e. The second-order valence-corrected chi connectivity index (χ2v) is 8.77. The summed E-state index contributed by atoms with van der Waals surface area (Å²) in [6, 6.07) is 14.9. The molecule has 1 atom stereocenters. The number of rotatable bonds is 4. The first-order chi connectivity index (χ1) is 12.9. The van der Waals surface area contributed by atoms with Crippen LogP contribution in [0, 0.1) is 6.92 Å². The quantitative estimate of drug-likeness (QED) is 0.673. The Bertz CT molecular complexity index is 1100. The van der Waals surface area contributed by atoms with Crippen LogP contribution in [0.15, 0.2) is 57.9 Å². The molecule has 1 aromatic heterocycles. The summed E-state index contributed by atoms with van der Waals surface area (Å²) in [5, 5.41) is 3.91. The fraction of sp³-hybridized carbons (Fsp3) is 0.286. The minimum absolute atomic E-state index is 0.117. The monoisotopic (exact) mass is 382 g/mol. The molecule has 0 saturated carbocycles. The van der Waals surface area contributed by atoms with E-state index in [1.807, 2.05) is 63.2 Å². The summed E-state index contributed by atoms with van der Waals surface area (Å²) in [5.41, 5.74) is 4.11. The fourth-order valence-corrected chi connectivity index (χ4v) is 5.77. The summed E-state index contributed by atoms with van der Waals surface area (Å²) in [4.78, 5) is 0.333. The van der Waals surface area contributed by atoms with Crippen LogP contribution in [0.5, 0.6) is 0 Å². The van der Waals surface area contributed by atoms with Gasteiger partial charge in [-0.25, -0.2) is 8.42 Å². The van der Waals surface area contributed by atoms with Gasteiger partial charge in [0, 0.05) is 17.7 Å². The molecule has 140 valence electrons. The minimum atomic E-state index is -3.70. The van der Waals surface area contributed by atoms with E-state index in [0.717, 1.165) is 28.9 Å². The first-order valence-corrected chi connectivity index (χ1v) is 10.5. The Hall–Kier alpha value is -2.60. The maximum absolute atomic E-state index is 13.7. The third-order valence-corrected chi connectivity index (χ3v) is 7.05. The van der Waals surface area contributed by atoms with Crippen molar-refractivity contribution in [2.45, 2.75) is 44.6 Å². The zero-order chi connectivity index (χ0) is 19.2. The van der Waals surface area contributed by atoms with Crippen LogP contribution in [0.25, 0.3) is 11.3 Å². The lowest BCUT2D eigenvalue weighted by molar-refractivity contribution is 0.427. The lowest BCUT2D eigenvalue weighted by Crippen LogP contribution is -2.36. The average Bonchev–Trinajstić information content (AvgIpc) is 3.23. The highest BCUT2D eigenvalue weighted by molar-refractivity contribution is 7.93. The van der Waals surface area contributed by atoms with Crippen molar-refractivity contribution in [1.29, 1.82) is 0 Å². The predicted octanol–water partition coefficient (Wildman–Crippen LogP) is 4.35. The van der Waals surface area contributed by atoms with Crippen molar-refractivity contribution >= 4 is 15.7 Å². The van der Waals surface area contributed by atoms with Gasteiger partial charge in [-0.2, -0.15) is 0 Å². The number of aromatic nitrogens is 1. The molecule has 0 spiro atoms. The lowest BCUT2D eigenvalue weighted by atomic mass is 10.1. The van der Waals surface area contributed by atoms with E-state index in [1.165, 1.54) is 0 Å². The standard InChI is InChI=1S/C21H22N2O3S/c1-4-16-9-10-18(20-11-14(2)22-26-20)13-21(16)27(24,25)23-15(3)12-17-7-5-6-8-19(17)23/h5-11,13,15H,4,12H2,1-3H3. The molecule has 0 N–H and O–H groups in total. The van der Waals surface area contributed by atoms with Crippen LogP contribution in [-0.2, 0) is 22.9 Å². The summed E-state index contributed by atoms with van der Waals surface area (Å²) in [7, 11) is -3.70. The van der Waals surface area contributed by atoms with Gasteiger partial charge >= 0.3 is 0 Å². The maximum atomic E-state index is 13.7.